The molecular formula is C14H16F3NO3. The van der Waals surface area contributed by atoms with Gasteiger partial charge in [0.05, 0.1) is 6.54 Å². The van der Waals surface area contributed by atoms with Crippen molar-refractivity contribution in [1.82, 2.24) is 5.32 Å². The van der Waals surface area contributed by atoms with E-state index in [1.807, 2.05) is 6.07 Å². The highest BCUT2D eigenvalue weighted by Gasteiger charge is 2.26. The van der Waals surface area contributed by atoms with E-state index < -0.39 is 24.5 Å². The van der Waals surface area contributed by atoms with Crippen molar-refractivity contribution in [2.75, 3.05) is 6.54 Å². The Bertz CT molecular complexity index is 460. The Labute approximate surface area is 120 Å². The Hall–Kier alpha value is -2.05. The summed E-state index contributed by atoms with van der Waals surface area (Å²) in [6.07, 6.45) is -6.54. The topological polar surface area (TPSA) is 55.4 Å². The lowest BCUT2D eigenvalue weighted by Gasteiger charge is -2.07. The average molecular weight is 303 g/mol. The number of Topliss-reactive ketones (excluding diaryl/α,β-unsaturated/α-hetero) is 1. The van der Waals surface area contributed by atoms with E-state index in [4.69, 9.17) is 4.74 Å². The Balaban J connectivity index is 2.13. The molecule has 116 valence electrons. The van der Waals surface area contributed by atoms with Crippen LogP contribution in [0.2, 0.25) is 0 Å². The summed E-state index contributed by atoms with van der Waals surface area (Å²) in [5.41, 5.74) is 0.796. The molecule has 0 heterocycles. The van der Waals surface area contributed by atoms with Gasteiger partial charge in [-0.25, -0.2) is 4.79 Å². The van der Waals surface area contributed by atoms with Crippen LogP contribution in [0.25, 0.3) is 0 Å². The van der Waals surface area contributed by atoms with Gasteiger partial charge in [-0.05, 0) is 12.0 Å². The number of rotatable bonds is 7. The second kappa shape index (κ2) is 8.28. The van der Waals surface area contributed by atoms with E-state index >= 15 is 0 Å². The first-order chi connectivity index (χ1) is 9.87. The molecule has 0 bridgehead atoms. The summed E-state index contributed by atoms with van der Waals surface area (Å²) >= 11 is 0. The van der Waals surface area contributed by atoms with Crippen molar-refractivity contribution < 1.29 is 27.5 Å². The quantitative estimate of drug-likeness (QED) is 0.841. The number of carbonyl (C=O) groups is 2. The molecule has 1 N–H and O–H groups in total. The molecule has 1 aromatic rings. The smallest absolute Gasteiger partial charge is 0.407 e. The average Bonchev–Trinajstić information content (AvgIpc) is 2.42. The largest absolute Gasteiger partial charge is 0.445 e. The van der Waals surface area contributed by atoms with Gasteiger partial charge in [-0.15, -0.1) is 0 Å². The lowest BCUT2D eigenvalue weighted by Crippen LogP contribution is -2.30. The molecule has 21 heavy (non-hydrogen) atoms. The number of ketones is 1. The minimum atomic E-state index is -4.26. The summed E-state index contributed by atoms with van der Waals surface area (Å²) < 4.78 is 40.5. The summed E-state index contributed by atoms with van der Waals surface area (Å²) in [6.45, 7) is -0.263. The number of halogens is 3. The molecule has 0 saturated carbocycles. The highest BCUT2D eigenvalue weighted by Crippen LogP contribution is 2.22. The van der Waals surface area contributed by atoms with Crippen molar-refractivity contribution in [1.29, 1.82) is 0 Å². The zero-order valence-electron chi connectivity index (χ0n) is 11.3. The number of carbonyl (C=O) groups excluding carboxylic acids is 2. The van der Waals surface area contributed by atoms with Crippen molar-refractivity contribution in [2.24, 2.45) is 0 Å². The van der Waals surface area contributed by atoms with E-state index in [9.17, 15) is 22.8 Å². The zero-order chi connectivity index (χ0) is 15.7. The second-order valence-corrected chi connectivity index (χ2v) is 4.42. The summed E-state index contributed by atoms with van der Waals surface area (Å²) in [5, 5.41) is 2.21. The van der Waals surface area contributed by atoms with Crippen molar-refractivity contribution in [2.45, 2.75) is 32.0 Å². The summed E-state index contributed by atoms with van der Waals surface area (Å²) in [4.78, 5) is 22.6. The van der Waals surface area contributed by atoms with Crippen LogP contribution in [0.1, 0.15) is 24.8 Å². The first-order valence-corrected chi connectivity index (χ1v) is 6.40. The van der Waals surface area contributed by atoms with Crippen LogP contribution in [0.5, 0.6) is 0 Å². The van der Waals surface area contributed by atoms with Gasteiger partial charge in [0.1, 0.15) is 6.61 Å². The molecule has 0 aliphatic rings. The molecule has 1 rings (SSSR count). The molecule has 0 unspecified atom stereocenters. The molecule has 0 saturated heterocycles. The number of ether oxygens (including phenoxy) is 1. The predicted octanol–water partition coefficient (Wildman–Crippen LogP) is 3.21. The van der Waals surface area contributed by atoms with Gasteiger partial charge in [-0.2, -0.15) is 13.2 Å². The Morgan fingerprint density at radius 1 is 1.14 bits per heavy atom. The molecule has 7 heteroatoms. The van der Waals surface area contributed by atoms with E-state index in [0.29, 0.717) is 0 Å². The first-order valence-electron chi connectivity index (χ1n) is 6.40. The highest BCUT2D eigenvalue weighted by molar-refractivity contribution is 5.83. The van der Waals surface area contributed by atoms with E-state index in [-0.39, 0.29) is 26.0 Å². The highest BCUT2D eigenvalue weighted by atomic mass is 19.4. The number of benzene rings is 1. The fourth-order valence-corrected chi connectivity index (χ4v) is 1.52. The lowest BCUT2D eigenvalue weighted by molar-refractivity contribution is -0.137. The number of hydrogen-bond donors (Lipinski definition) is 1. The fourth-order valence-electron chi connectivity index (χ4n) is 1.52. The van der Waals surface area contributed by atoms with Crippen LogP contribution >= 0.6 is 0 Å². The number of alkyl halides is 3. The minimum Gasteiger partial charge on any atom is -0.445 e. The van der Waals surface area contributed by atoms with Gasteiger partial charge in [0, 0.05) is 12.8 Å². The van der Waals surface area contributed by atoms with Crippen molar-refractivity contribution in [3.63, 3.8) is 0 Å². The summed E-state index contributed by atoms with van der Waals surface area (Å²) in [7, 11) is 0. The van der Waals surface area contributed by atoms with Gasteiger partial charge in [-0.3, -0.25) is 4.79 Å². The van der Waals surface area contributed by atoms with Gasteiger partial charge < -0.3 is 10.1 Å². The van der Waals surface area contributed by atoms with E-state index in [1.54, 1.807) is 24.3 Å². The van der Waals surface area contributed by atoms with E-state index in [2.05, 4.69) is 5.32 Å². The molecule has 0 spiro atoms. The summed E-state index contributed by atoms with van der Waals surface area (Å²) in [6, 6.07) is 8.95. The number of nitrogens with one attached hydrogen (secondary N) is 1. The summed E-state index contributed by atoms with van der Waals surface area (Å²) in [5.74, 6) is -0.462. The molecular weight excluding hydrogens is 287 g/mol. The molecule has 0 fully saturated rings. The van der Waals surface area contributed by atoms with Crippen LogP contribution in [-0.4, -0.2) is 24.6 Å². The molecule has 0 atom stereocenters. The molecule has 0 aromatic heterocycles. The van der Waals surface area contributed by atoms with Crippen LogP contribution in [0.15, 0.2) is 30.3 Å². The second-order valence-electron chi connectivity index (χ2n) is 4.42. The van der Waals surface area contributed by atoms with Crippen molar-refractivity contribution >= 4 is 11.9 Å². The van der Waals surface area contributed by atoms with Gasteiger partial charge >= 0.3 is 12.3 Å². The first kappa shape index (κ1) is 17.0. The Morgan fingerprint density at radius 2 is 1.81 bits per heavy atom. The predicted molar refractivity (Wildman–Crippen MR) is 69.5 cm³/mol. The van der Waals surface area contributed by atoms with E-state index in [0.717, 1.165) is 5.56 Å². The van der Waals surface area contributed by atoms with E-state index in [1.165, 1.54) is 0 Å². The van der Waals surface area contributed by atoms with Crippen LogP contribution in [0.4, 0.5) is 18.0 Å². The standard InChI is InChI=1S/C14H16F3NO3/c15-14(16,17)8-4-7-12(19)9-18-13(20)21-10-11-5-2-1-3-6-11/h1-3,5-6H,4,7-10H2,(H,18,20). The van der Waals surface area contributed by atoms with Crippen LogP contribution in [0.3, 0.4) is 0 Å². The molecule has 0 radical (unpaired) electrons. The number of alkyl carbamates (subject to hydrolysis) is 1. The maximum Gasteiger partial charge on any atom is 0.407 e. The normalized spacial score (nSPS) is 11.0. The number of hydrogen-bond acceptors (Lipinski definition) is 3. The Kier molecular flexibility index (Phi) is 6.71. The molecule has 0 aliphatic carbocycles. The third kappa shape index (κ3) is 8.67. The number of amides is 1. The lowest BCUT2D eigenvalue weighted by atomic mass is 10.2. The van der Waals surface area contributed by atoms with Crippen molar-refractivity contribution in [3.8, 4) is 0 Å². The fraction of sp³-hybridized carbons (Fsp3) is 0.429. The SMILES string of the molecule is O=C(CCCC(F)(F)F)CNC(=O)OCc1ccccc1. The molecule has 1 amide bonds. The van der Waals surface area contributed by atoms with Crippen molar-refractivity contribution in [3.05, 3.63) is 35.9 Å². The minimum absolute atomic E-state index is 0.0644. The molecule has 1 aromatic carbocycles. The van der Waals surface area contributed by atoms with Gasteiger partial charge in [0.2, 0.25) is 0 Å². The van der Waals surface area contributed by atoms with Gasteiger partial charge in [-0.1, -0.05) is 30.3 Å². The van der Waals surface area contributed by atoms with Gasteiger partial charge in [0.25, 0.3) is 0 Å². The Morgan fingerprint density at radius 3 is 2.43 bits per heavy atom. The maximum atomic E-state index is 11.9. The molecule has 0 aliphatic heterocycles. The van der Waals surface area contributed by atoms with Gasteiger partial charge in [0.15, 0.2) is 5.78 Å². The third-order valence-corrected chi connectivity index (χ3v) is 2.56. The monoisotopic (exact) mass is 303 g/mol. The third-order valence-electron chi connectivity index (χ3n) is 2.56. The van der Waals surface area contributed by atoms with Crippen LogP contribution in [0, 0.1) is 0 Å². The van der Waals surface area contributed by atoms with Crippen LogP contribution in [-0.2, 0) is 16.1 Å². The zero-order valence-corrected chi connectivity index (χ0v) is 11.3. The van der Waals surface area contributed by atoms with Crippen LogP contribution < -0.4 is 5.32 Å². The maximum absolute atomic E-state index is 11.9. The molecule has 4 nitrogen and oxygen atoms in total.